The first-order chi connectivity index (χ1) is 6.77. The van der Waals surface area contributed by atoms with Gasteiger partial charge in [0.05, 0.1) is 0 Å². The topological polar surface area (TPSA) is 32.3 Å². The molecule has 1 aliphatic heterocycles. The Morgan fingerprint density at radius 2 is 2.43 bits per heavy atom. The van der Waals surface area contributed by atoms with Crippen molar-refractivity contribution in [1.82, 2.24) is 0 Å². The van der Waals surface area contributed by atoms with Crippen molar-refractivity contribution in [2.75, 3.05) is 11.9 Å². The molecule has 1 aromatic carbocycles. The fourth-order valence-corrected chi connectivity index (χ4v) is 2.18. The SMILES string of the molecule is C=Cc1c(O)cc2c(c1CC)CCN2. The number of rotatable bonds is 2. The molecule has 0 aromatic heterocycles. The number of nitrogens with one attached hydrogen (secondary N) is 1. The lowest BCUT2D eigenvalue weighted by Crippen LogP contribution is -1.94. The molecule has 14 heavy (non-hydrogen) atoms. The van der Waals surface area contributed by atoms with Gasteiger partial charge >= 0.3 is 0 Å². The second-order valence-electron chi connectivity index (χ2n) is 3.55. The van der Waals surface area contributed by atoms with Crippen LogP contribution in [0.25, 0.3) is 6.08 Å². The first-order valence-electron chi connectivity index (χ1n) is 5.02. The first kappa shape index (κ1) is 9.13. The van der Waals surface area contributed by atoms with Crippen LogP contribution in [0.3, 0.4) is 0 Å². The van der Waals surface area contributed by atoms with E-state index in [9.17, 15) is 5.11 Å². The lowest BCUT2D eigenvalue weighted by Gasteiger charge is -2.11. The zero-order chi connectivity index (χ0) is 10.1. The van der Waals surface area contributed by atoms with Crippen molar-refractivity contribution >= 4 is 11.8 Å². The van der Waals surface area contributed by atoms with Gasteiger partial charge in [-0.3, -0.25) is 0 Å². The van der Waals surface area contributed by atoms with E-state index in [4.69, 9.17) is 0 Å². The quantitative estimate of drug-likeness (QED) is 0.749. The summed E-state index contributed by atoms with van der Waals surface area (Å²) >= 11 is 0. The summed E-state index contributed by atoms with van der Waals surface area (Å²) in [4.78, 5) is 0. The average Bonchev–Trinajstić information content (AvgIpc) is 2.62. The van der Waals surface area contributed by atoms with Gasteiger partial charge in [-0.05, 0) is 24.0 Å². The Balaban J connectivity index is 2.68. The second kappa shape index (κ2) is 3.37. The molecule has 2 rings (SSSR count). The Hall–Kier alpha value is -1.44. The van der Waals surface area contributed by atoms with Crippen LogP contribution in [0.4, 0.5) is 5.69 Å². The number of phenolic OH excluding ortho intramolecular Hbond substituents is 1. The van der Waals surface area contributed by atoms with Gasteiger partial charge in [-0.2, -0.15) is 0 Å². The van der Waals surface area contributed by atoms with E-state index >= 15 is 0 Å². The number of hydrogen-bond donors (Lipinski definition) is 2. The van der Waals surface area contributed by atoms with Crippen molar-refractivity contribution in [2.24, 2.45) is 0 Å². The van der Waals surface area contributed by atoms with E-state index in [0.717, 1.165) is 30.6 Å². The minimum atomic E-state index is 0.338. The zero-order valence-electron chi connectivity index (χ0n) is 8.43. The summed E-state index contributed by atoms with van der Waals surface area (Å²) in [5.41, 5.74) is 4.57. The highest BCUT2D eigenvalue weighted by atomic mass is 16.3. The smallest absolute Gasteiger partial charge is 0.125 e. The van der Waals surface area contributed by atoms with Crippen LogP contribution in [0.1, 0.15) is 23.6 Å². The fourth-order valence-electron chi connectivity index (χ4n) is 2.18. The molecule has 0 atom stereocenters. The van der Waals surface area contributed by atoms with E-state index in [1.807, 2.05) is 0 Å². The highest BCUT2D eigenvalue weighted by Crippen LogP contribution is 2.35. The largest absolute Gasteiger partial charge is 0.507 e. The molecule has 0 bridgehead atoms. The van der Waals surface area contributed by atoms with Crippen LogP contribution in [0.5, 0.6) is 5.75 Å². The minimum absolute atomic E-state index is 0.338. The molecule has 74 valence electrons. The van der Waals surface area contributed by atoms with Crippen LogP contribution >= 0.6 is 0 Å². The number of anilines is 1. The summed E-state index contributed by atoms with van der Waals surface area (Å²) in [7, 11) is 0. The molecule has 0 radical (unpaired) electrons. The van der Waals surface area contributed by atoms with Crippen LogP contribution in [-0.2, 0) is 12.8 Å². The van der Waals surface area contributed by atoms with Gasteiger partial charge in [0.15, 0.2) is 0 Å². The molecule has 2 nitrogen and oxygen atoms in total. The van der Waals surface area contributed by atoms with Crippen molar-refractivity contribution in [2.45, 2.75) is 19.8 Å². The van der Waals surface area contributed by atoms with Gasteiger partial charge in [0.2, 0.25) is 0 Å². The predicted octanol–water partition coefficient (Wildman–Crippen LogP) is 2.57. The van der Waals surface area contributed by atoms with Gasteiger partial charge in [-0.25, -0.2) is 0 Å². The van der Waals surface area contributed by atoms with E-state index in [0.29, 0.717) is 5.75 Å². The van der Waals surface area contributed by atoms with Crippen molar-refractivity contribution in [3.05, 3.63) is 29.3 Å². The van der Waals surface area contributed by atoms with Crippen molar-refractivity contribution in [1.29, 1.82) is 0 Å². The van der Waals surface area contributed by atoms with Crippen LogP contribution in [0.2, 0.25) is 0 Å². The molecule has 2 heteroatoms. The third-order valence-corrected chi connectivity index (χ3v) is 2.82. The number of hydrogen-bond acceptors (Lipinski definition) is 2. The van der Waals surface area contributed by atoms with Crippen molar-refractivity contribution in [3.63, 3.8) is 0 Å². The monoisotopic (exact) mass is 189 g/mol. The van der Waals surface area contributed by atoms with Gasteiger partial charge in [0.25, 0.3) is 0 Å². The summed E-state index contributed by atoms with van der Waals surface area (Å²) in [5, 5.41) is 13.0. The standard InChI is InChI=1S/C12H15NO/c1-3-8-9(4-2)12(14)7-11-10(8)5-6-13-11/h4,7,13-14H,2-3,5-6H2,1H3. The Labute approximate surface area is 84.3 Å². The molecule has 1 aliphatic rings. The van der Waals surface area contributed by atoms with E-state index in [1.165, 1.54) is 11.1 Å². The predicted molar refractivity (Wildman–Crippen MR) is 59.8 cm³/mol. The maximum Gasteiger partial charge on any atom is 0.125 e. The Morgan fingerprint density at radius 3 is 3.07 bits per heavy atom. The van der Waals surface area contributed by atoms with Crippen LogP contribution < -0.4 is 5.32 Å². The molecule has 0 unspecified atom stereocenters. The molecule has 0 saturated heterocycles. The average molecular weight is 189 g/mol. The van der Waals surface area contributed by atoms with Gasteiger partial charge in [-0.1, -0.05) is 19.6 Å². The van der Waals surface area contributed by atoms with Gasteiger partial charge in [0, 0.05) is 23.9 Å². The lowest BCUT2D eigenvalue weighted by atomic mass is 9.96. The maximum absolute atomic E-state index is 9.78. The van der Waals surface area contributed by atoms with E-state index in [1.54, 1.807) is 12.1 Å². The molecule has 0 amide bonds. The molecule has 0 fully saturated rings. The van der Waals surface area contributed by atoms with Crippen LogP contribution in [0.15, 0.2) is 12.6 Å². The molecule has 0 spiro atoms. The summed E-state index contributed by atoms with van der Waals surface area (Å²) < 4.78 is 0. The zero-order valence-corrected chi connectivity index (χ0v) is 8.43. The normalized spacial score (nSPS) is 13.5. The molecular formula is C12H15NO. The lowest BCUT2D eigenvalue weighted by molar-refractivity contribution is 0.473. The van der Waals surface area contributed by atoms with Gasteiger partial charge in [-0.15, -0.1) is 0 Å². The van der Waals surface area contributed by atoms with E-state index in [-0.39, 0.29) is 0 Å². The van der Waals surface area contributed by atoms with Crippen molar-refractivity contribution < 1.29 is 5.11 Å². The fraction of sp³-hybridized carbons (Fsp3) is 0.333. The van der Waals surface area contributed by atoms with E-state index < -0.39 is 0 Å². The molecule has 0 aliphatic carbocycles. The highest BCUT2D eigenvalue weighted by Gasteiger charge is 2.18. The number of phenols is 1. The molecular weight excluding hydrogens is 174 g/mol. The van der Waals surface area contributed by atoms with Crippen LogP contribution in [0, 0.1) is 0 Å². The summed E-state index contributed by atoms with van der Waals surface area (Å²) in [6, 6.07) is 1.80. The summed E-state index contributed by atoms with van der Waals surface area (Å²) in [6.07, 6.45) is 3.74. The highest BCUT2D eigenvalue weighted by molar-refractivity contribution is 5.71. The third-order valence-electron chi connectivity index (χ3n) is 2.82. The number of fused-ring (bicyclic) bond motifs is 1. The first-order valence-corrected chi connectivity index (χ1v) is 5.02. The third kappa shape index (κ3) is 1.18. The van der Waals surface area contributed by atoms with Crippen LogP contribution in [-0.4, -0.2) is 11.7 Å². The summed E-state index contributed by atoms with van der Waals surface area (Å²) in [6.45, 7) is 6.83. The minimum Gasteiger partial charge on any atom is -0.507 e. The Bertz CT molecular complexity index is 382. The van der Waals surface area contributed by atoms with Gasteiger partial charge in [0.1, 0.15) is 5.75 Å². The molecule has 1 heterocycles. The molecule has 1 aromatic rings. The van der Waals surface area contributed by atoms with E-state index in [2.05, 4.69) is 18.8 Å². The maximum atomic E-state index is 9.78. The van der Waals surface area contributed by atoms with Crippen molar-refractivity contribution in [3.8, 4) is 5.75 Å². The Morgan fingerprint density at radius 1 is 1.64 bits per heavy atom. The van der Waals surface area contributed by atoms with Gasteiger partial charge < -0.3 is 10.4 Å². The molecule has 2 N–H and O–H groups in total. The second-order valence-corrected chi connectivity index (χ2v) is 3.55. The summed E-state index contributed by atoms with van der Waals surface area (Å²) in [5.74, 6) is 0.338. The number of benzene rings is 1. The number of aromatic hydroxyl groups is 1. The Kier molecular flexibility index (Phi) is 2.20. The molecule has 0 saturated carbocycles.